The lowest BCUT2D eigenvalue weighted by Gasteiger charge is -2.59. The third-order valence-corrected chi connectivity index (χ3v) is 10.2. The largest absolute Gasteiger partial charge is 0.391 e. The van der Waals surface area contributed by atoms with Crippen molar-refractivity contribution in [3.63, 3.8) is 0 Å². The Morgan fingerprint density at radius 1 is 1.10 bits per heavy atom. The standard InChI is InChI=1S/C25H34ClN3OS/c26-20-1-2-21-22(10-20)31-24(27)29(21)14-16-3-5-28(6-4-16)15-23(30)25-11-17-7-18(12-25)9-19(8-17)13-25/h1-2,10,16-19,23,27,30H,3-9,11-15H2. The summed E-state index contributed by atoms with van der Waals surface area (Å²) < 4.78 is 3.27. The van der Waals surface area contributed by atoms with Crippen LogP contribution in [0.4, 0.5) is 0 Å². The first-order chi connectivity index (χ1) is 15.0. The number of benzene rings is 1. The predicted octanol–water partition coefficient (Wildman–Crippen LogP) is 5.12. The first-order valence-corrected chi connectivity index (χ1v) is 13.4. The number of hydrogen-bond donors (Lipinski definition) is 2. The molecule has 0 amide bonds. The lowest BCUT2D eigenvalue weighted by atomic mass is 9.48. The second kappa shape index (κ2) is 7.86. The molecule has 1 saturated heterocycles. The average molecular weight is 460 g/mol. The number of rotatable bonds is 5. The van der Waals surface area contributed by atoms with Crippen molar-refractivity contribution in [3.8, 4) is 0 Å². The van der Waals surface area contributed by atoms with Crippen LogP contribution in [0.1, 0.15) is 51.4 Å². The van der Waals surface area contributed by atoms with Crippen molar-refractivity contribution in [1.82, 2.24) is 9.47 Å². The minimum absolute atomic E-state index is 0.141. The number of fused-ring (bicyclic) bond motifs is 1. The molecule has 0 radical (unpaired) electrons. The van der Waals surface area contributed by atoms with Crippen LogP contribution in [0, 0.1) is 34.5 Å². The van der Waals surface area contributed by atoms with Gasteiger partial charge in [-0.3, -0.25) is 5.41 Å². The first-order valence-electron chi connectivity index (χ1n) is 12.2. The zero-order chi connectivity index (χ0) is 21.2. The van der Waals surface area contributed by atoms with Gasteiger partial charge in [0.25, 0.3) is 0 Å². The van der Waals surface area contributed by atoms with E-state index in [1.807, 2.05) is 12.1 Å². The van der Waals surface area contributed by atoms with E-state index in [0.717, 1.165) is 72.0 Å². The van der Waals surface area contributed by atoms with Crippen molar-refractivity contribution in [2.45, 2.75) is 64.0 Å². The van der Waals surface area contributed by atoms with Crippen LogP contribution in [0.25, 0.3) is 10.2 Å². The SMILES string of the molecule is N=c1sc2cc(Cl)ccc2n1CC1CCN(CC(O)C23CC4CC(CC(C4)C2)C3)CC1. The van der Waals surface area contributed by atoms with E-state index in [1.54, 1.807) is 0 Å². The molecular formula is C25H34ClN3OS. The van der Waals surface area contributed by atoms with Crippen molar-refractivity contribution in [2.24, 2.45) is 29.1 Å². The number of hydrogen-bond acceptors (Lipinski definition) is 4. The Balaban J connectivity index is 1.07. The Bertz CT molecular complexity index is 986. The van der Waals surface area contributed by atoms with Gasteiger partial charge in [0, 0.05) is 18.1 Å². The Morgan fingerprint density at radius 2 is 1.74 bits per heavy atom. The maximum absolute atomic E-state index is 11.3. The number of thiazole rings is 1. The van der Waals surface area contributed by atoms with Gasteiger partial charge in [-0.05, 0) is 112 Å². The van der Waals surface area contributed by atoms with E-state index in [4.69, 9.17) is 17.0 Å². The second-order valence-electron chi connectivity index (χ2n) is 11.2. The summed E-state index contributed by atoms with van der Waals surface area (Å²) in [5.74, 6) is 3.31. The quantitative estimate of drug-likeness (QED) is 0.651. The van der Waals surface area contributed by atoms with Crippen LogP contribution in [-0.4, -0.2) is 40.3 Å². The van der Waals surface area contributed by atoms with Crippen molar-refractivity contribution < 1.29 is 5.11 Å². The number of likely N-dealkylation sites (tertiary alicyclic amines) is 1. The van der Waals surface area contributed by atoms with E-state index in [1.165, 1.54) is 49.9 Å². The number of nitrogens with zero attached hydrogens (tertiary/aromatic N) is 2. The maximum atomic E-state index is 11.3. The molecule has 1 unspecified atom stereocenters. The van der Waals surface area contributed by atoms with Gasteiger partial charge in [-0.15, -0.1) is 0 Å². The van der Waals surface area contributed by atoms with Gasteiger partial charge in [0.15, 0.2) is 4.80 Å². The van der Waals surface area contributed by atoms with E-state index in [-0.39, 0.29) is 11.5 Å². The minimum atomic E-state index is -0.141. The fourth-order valence-electron chi connectivity index (χ4n) is 7.88. The number of aromatic nitrogens is 1. The molecule has 4 nitrogen and oxygen atoms in total. The van der Waals surface area contributed by atoms with Gasteiger partial charge < -0.3 is 14.6 Å². The molecule has 5 fully saturated rings. The third kappa shape index (κ3) is 3.80. The summed E-state index contributed by atoms with van der Waals surface area (Å²) in [5, 5.41) is 20.5. The van der Waals surface area contributed by atoms with Crippen LogP contribution < -0.4 is 4.80 Å². The van der Waals surface area contributed by atoms with Gasteiger partial charge in [-0.25, -0.2) is 0 Å². The normalized spacial score (nSPS) is 34.6. The molecule has 1 aromatic carbocycles. The van der Waals surface area contributed by atoms with Gasteiger partial charge in [0.2, 0.25) is 0 Å². The van der Waals surface area contributed by atoms with Crippen molar-refractivity contribution in [2.75, 3.05) is 19.6 Å². The molecule has 7 rings (SSSR count). The molecule has 168 valence electrons. The zero-order valence-corrected chi connectivity index (χ0v) is 19.8. The third-order valence-electron chi connectivity index (χ3n) is 9.04. The van der Waals surface area contributed by atoms with E-state index >= 15 is 0 Å². The van der Waals surface area contributed by atoms with Crippen molar-refractivity contribution >= 4 is 33.2 Å². The Morgan fingerprint density at radius 3 is 2.39 bits per heavy atom. The summed E-state index contributed by atoms with van der Waals surface area (Å²) in [6.07, 6.45) is 10.4. The van der Waals surface area contributed by atoms with E-state index < -0.39 is 0 Å². The van der Waals surface area contributed by atoms with Crippen LogP contribution in [0.3, 0.4) is 0 Å². The molecular weight excluding hydrogens is 426 g/mol. The molecule has 0 spiro atoms. The summed E-state index contributed by atoms with van der Waals surface area (Å²) in [4.78, 5) is 3.15. The molecule has 5 aliphatic rings. The Labute approximate surface area is 193 Å². The van der Waals surface area contributed by atoms with Gasteiger partial charge in [0.05, 0.1) is 16.3 Å². The second-order valence-corrected chi connectivity index (χ2v) is 12.6. The van der Waals surface area contributed by atoms with Gasteiger partial charge >= 0.3 is 0 Å². The van der Waals surface area contributed by atoms with Gasteiger partial charge in [-0.1, -0.05) is 22.9 Å². The highest BCUT2D eigenvalue weighted by Crippen LogP contribution is 2.61. The molecule has 2 aromatic rings. The van der Waals surface area contributed by atoms with Gasteiger partial charge in [-0.2, -0.15) is 0 Å². The fourth-order valence-corrected chi connectivity index (χ4v) is 9.07. The summed E-state index contributed by atoms with van der Waals surface area (Å²) in [6.45, 7) is 3.95. The summed E-state index contributed by atoms with van der Waals surface area (Å²) in [5.41, 5.74) is 1.37. The van der Waals surface area contributed by atoms with E-state index in [9.17, 15) is 5.11 Å². The number of halogens is 1. The summed E-state index contributed by atoms with van der Waals surface area (Å²) >= 11 is 7.66. The molecule has 1 aliphatic heterocycles. The molecule has 6 heteroatoms. The molecule has 4 bridgehead atoms. The number of aliphatic hydroxyl groups excluding tert-OH is 1. The van der Waals surface area contributed by atoms with E-state index in [2.05, 4.69) is 15.5 Å². The van der Waals surface area contributed by atoms with Crippen LogP contribution in [0.2, 0.25) is 5.02 Å². The molecule has 2 heterocycles. The van der Waals surface area contributed by atoms with Crippen LogP contribution in [-0.2, 0) is 6.54 Å². The predicted molar refractivity (Wildman–Crippen MR) is 126 cm³/mol. The molecule has 4 saturated carbocycles. The van der Waals surface area contributed by atoms with Crippen LogP contribution >= 0.6 is 22.9 Å². The highest BCUT2D eigenvalue weighted by Gasteiger charge is 2.54. The lowest BCUT2D eigenvalue weighted by molar-refractivity contribution is -0.128. The molecule has 31 heavy (non-hydrogen) atoms. The van der Waals surface area contributed by atoms with Crippen LogP contribution in [0.5, 0.6) is 0 Å². The number of aliphatic hydroxyl groups is 1. The molecule has 1 aromatic heterocycles. The number of nitrogens with one attached hydrogen (secondary N) is 1. The highest BCUT2D eigenvalue weighted by atomic mass is 35.5. The monoisotopic (exact) mass is 459 g/mol. The van der Waals surface area contributed by atoms with Crippen LogP contribution in [0.15, 0.2) is 18.2 Å². The van der Waals surface area contributed by atoms with E-state index in [0.29, 0.717) is 10.7 Å². The minimum Gasteiger partial charge on any atom is -0.391 e. The van der Waals surface area contributed by atoms with Crippen molar-refractivity contribution in [3.05, 3.63) is 28.0 Å². The zero-order valence-electron chi connectivity index (χ0n) is 18.2. The maximum Gasteiger partial charge on any atom is 0.182 e. The van der Waals surface area contributed by atoms with Gasteiger partial charge in [0.1, 0.15) is 0 Å². The summed E-state index contributed by atoms with van der Waals surface area (Å²) in [7, 11) is 0. The molecule has 4 aliphatic carbocycles. The Hall–Kier alpha value is -0.880. The highest BCUT2D eigenvalue weighted by molar-refractivity contribution is 7.16. The average Bonchev–Trinajstić information content (AvgIpc) is 3.02. The Kier molecular flexibility index (Phi) is 5.25. The topological polar surface area (TPSA) is 52.2 Å². The first kappa shape index (κ1) is 20.7. The molecule has 2 N–H and O–H groups in total. The lowest BCUT2D eigenvalue weighted by Crippen LogP contribution is -2.55. The van der Waals surface area contributed by atoms with Crippen molar-refractivity contribution in [1.29, 1.82) is 5.41 Å². The number of β-amino-alcohol motifs (C(OH)–C–C–N with tert-alkyl or cyclic N) is 1. The number of piperidine rings is 1. The fraction of sp³-hybridized carbons (Fsp3) is 0.720. The summed E-state index contributed by atoms with van der Waals surface area (Å²) in [6, 6.07) is 5.97. The smallest absolute Gasteiger partial charge is 0.182 e. The molecule has 1 atom stereocenters.